The number of fused-ring (bicyclic) bond motifs is 2. The van der Waals surface area contributed by atoms with E-state index in [1.54, 1.807) is 26.4 Å². The predicted octanol–water partition coefficient (Wildman–Crippen LogP) is 3.31. The molecule has 0 unspecified atom stereocenters. The third-order valence-corrected chi connectivity index (χ3v) is 5.11. The highest BCUT2D eigenvalue weighted by molar-refractivity contribution is 6.59. The Bertz CT molecular complexity index is 1210. The Morgan fingerprint density at radius 3 is 1.87 bits per heavy atom. The number of methoxy groups -OCH3 is 2. The van der Waals surface area contributed by atoms with Crippen LogP contribution in [0.3, 0.4) is 0 Å². The lowest BCUT2D eigenvalue weighted by atomic mass is 9.79. The van der Waals surface area contributed by atoms with E-state index >= 15 is 0 Å². The fraction of sp³-hybridized carbons (Fsp3) is 0.167. The van der Waals surface area contributed by atoms with Gasteiger partial charge in [0, 0.05) is 25.3 Å². The average Bonchev–Trinajstić information content (AvgIpc) is 2.80. The largest absolute Gasteiger partial charge is 0.488 e. The van der Waals surface area contributed by atoms with Gasteiger partial charge in [-0.2, -0.15) is 0 Å². The fourth-order valence-electron chi connectivity index (χ4n) is 3.74. The Hall–Kier alpha value is -3.10. The van der Waals surface area contributed by atoms with Gasteiger partial charge in [0.2, 0.25) is 0 Å². The summed E-state index contributed by atoms with van der Waals surface area (Å²) in [5, 5.41) is 23.0. The lowest BCUT2D eigenvalue weighted by molar-refractivity contribution is 0.0502. The molecule has 6 nitrogen and oxygen atoms in total. The van der Waals surface area contributed by atoms with Crippen molar-refractivity contribution in [1.82, 2.24) is 0 Å². The molecule has 0 spiro atoms. The zero-order chi connectivity index (χ0) is 21.8. The van der Waals surface area contributed by atoms with E-state index in [1.165, 1.54) is 0 Å². The molecule has 4 aromatic rings. The van der Waals surface area contributed by atoms with Gasteiger partial charge in [0.15, 0.2) is 13.6 Å². The minimum absolute atomic E-state index is 0.0883. The van der Waals surface area contributed by atoms with E-state index in [1.807, 2.05) is 54.6 Å². The fourth-order valence-corrected chi connectivity index (χ4v) is 3.74. The van der Waals surface area contributed by atoms with Gasteiger partial charge in [-0.15, -0.1) is 0 Å². The summed E-state index contributed by atoms with van der Waals surface area (Å²) in [5.41, 5.74) is 2.11. The van der Waals surface area contributed by atoms with Crippen LogP contribution in [0, 0.1) is 0 Å². The van der Waals surface area contributed by atoms with Crippen LogP contribution in [0.1, 0.15) is 0 Å². The molecule has 0 fully saturated rings. The van der Waals surface area contributed by atoms with Crippen LogP contribution in [0.15, 0.2) is 66.7 Å². The van der Waals surface area contributed by atoms with Crippen molar-refractivity contribution in [2.45, 2.75) is 0 Å². The van der Waals surface area contributed by atoms with Crippen molar-refractivity contribution in [1.29, 1.82) is 0 Å². The monoisotopic (exact) mass is 418 g/mol. The van der Waals surface area contributed by atoms with Crippen LogP contribution >= 0.6 is 0 Å². The Labute approximate surface area is 180 Å². The van der Waals surface area contributed by atoms with Crippen LogP contribution in [-0.2, 0) is 9.47 Å². The van der Waals surface area contributed by atoms with E-state index in [2.05, 4.69) is 0 Å². The molecule has 0 saturated carbocycles. The van der Waals surface area contributed by atoms with Crippen LogP contribution in [0.4, 0.5) is 0 Å². The second kappa shape index (κ2) is 9.37. The topological polar surface area (TPSA) is 77.4 Å². The van der Waals surface area contributed by atoms with Gasteiger partial charge in [-0.05, 0) is 39.1 Å². The van der Waals surface area contributed by atoms with Crippen LogP contribution in [-0.4, -0.2) is 45.0 Å². The highest BCUT2D eigenvalue weighted by Gasteiger charge is 2.20. The average molecular weight is 418 g/mol. The molecule has 0 saturated heterocycles. The van der Waals surface area contributed by atoms with Crippen molar-refractivity contribution < 1.29 is 29.0 Å². The van der Waals surface area contributed by atoms with Crippen molar-refractivity contribution in [3.8, 4) is 22.6 Å². The molecule has 0 atom stereocenters. The Morgan fingerprint density at radius 1 is 0.677 bits per heavy atom. The van der Waals surface area contributed by atoms with Gasteiger partial charge in [0.05, 0.1) is 0 Å². The number of ether oxygens (including phenoxy) is 4. The van der Waals surface area contributed by atoms with E-state index < -0.39 is 7.12 Å². The third kappa shape index (κ3) is 4.22. The molecule has 0 aliphatic carbocycles. The molecule has 0 heterocycles. The normalized spacial score (nSPS) is 11.1. The summed E-state index contributed by atoms with van der Waals surface area (Å²) in [7, 11) is 1.60. The molecule has 0 bridgehead atoms. The molecule has 158 valence electrons. The van der Waals surface area contributed by atoms with Crippen molar-refractivity contribution in [2.75, 3.05) is 27.8 Å². The summed E-state index contributed by atoms with van der Waals surface area (Å²) in [6.07, 6.45) is 0. The van der Waals surface area contributed by atoms with Crippen molar-refractivity contribution in [2.24, 2.45) is 0 Å². The Kier molecular flexibility index (Phi) is 6.39. The van der Waals surface area contributed by atoms with Crippen LogP contribution < -0.4 is 14.9 Å². The number of benzene rings is 4. The minimum Gasteiger partial charge on any atom is -0.467 e. The first-order valence-electron chi connectivity index (χ1n) is 9.82. The smallest absolute Gasteiger partial charge is 0.467 e. The van der Waals surface area contributed by atoms with Gasteiger partial charge in [-0.3, -0.25) is 0 Å². The van der Waals surface area contributed by atoms with Gasteiger partial charge in [-0.25, -0.2) is 0 Å². The predicted molar refractivity (Wildman–Crippen MR) is 122 cm³/mol. The van der Waals surface area contributed by atoms with Crippen LogP contribution in [0.25, 0.3) is 32.7 Å². The second-order valence-corrected chi connectivity index (χ2v) is 7.05. The van der Waals surface area contributed by atoms with E-state index in [4.69, 9.17) is 18.9 Å². The van der Waals surface area contributed by atoms with Gasteiger partial charge < -0.3 is 29.0 Å². The first-order chi connectivity index (χ1) is 15.1. The van der Waals surface area contributed by atoms with Gasteiger partial charge in [-0.1, -0.05) is 54.6 Å². The maximum absolute atomic E-state index is 9.60. The van der Waals surface area contributed by atoms with E-state index in [0.29, 0.717) is 17.0 Å². The molecular weight excluding hydrogens is 395 g/mol. The molecule has 0 amide bonds. The Balaban J connectivity index is 2.06. The second-order valence-electron chi connectivity index (χ2n) is 7.05. The van der Waals surface area contributed by atoms with Crippen molar-refractivity contribution >= 4 is 34.1 Å². The molecule has 0 radical (unpaired) electrons. The number of hydrogen-bond acceptors (Lipinski definition) is 6. The summed E-state index contributed by atoms with van der Waals surface area (Å²) in [4.78, 5) is 0. The Morgan fingerprint density at radius 2 is 1.26 bits per heavy atom. The first kappa shape index (κ1) is 21.1. The molecule has 0 aliphatic rings. The molecule has 0 aromatic heterocycles. The van der Waals surface area contributed by atoms with E-state index in [9.17, 15) is 10.0 Å². The zero-order valence-corrected chi connectivity index (χ0v) is 17.4. The van der Waals surface area contributed by atoms with Crippen LogP contribution in [0.2, 0.25) is 0 Å². The van der Waals surface area contributed by atoms with E-state index in [0.717, 1.165) is 32.7 Å². The summed E-state index contributed by atoms with van der Waals surface area (Å²) in [6.45, 7) is 0.191. The molecular formula is C24H23BO6. The van der Waals surface area contributed by atoms with Crippen molar-refractivity contribution in [3.63, 3.8) is 0 Å². The molecule has 4 aromatic carbocycles. The van der Waals surface area contributed by atoms with Gasteiger partial charge >= 0.3 is 7.12 Å². The standard InChI is InChI=1S/C24H23BO6/c1-28-14-30-21-11-7-16-5-3-4-6-19(16)23(21)24-20-10-9-18(25(26)27)13-17(20)8-12-22(24)31-15-29-2/h3-13,26-27H,14-15H2,1-2H3. The SMILES string of the molecule is COCOc1ccc2ccccc2c1-c1c(OCOC)ccc2cc(B(O)O)ccc12. The third-order valence-electron chi connectivity index (χ3n) is 5.11. The summed E-state index contributed by atoms with van der Waals surface area (Å²) in [6, 6.07) is 21.0. The summed E-state index contributed by atoms with van der Waals surface area (Å²) >= 11 is 0. The highest BCUT2D eigenvalue weighted by Crippen LogP contribution is 2.45. The summed E-state index contributed by atoms with van der Waals surface area (Å²) < 4.78 is 22.1. The van der Waals surface area contributed by atoms with Crippen molar-refractivity contribution in [3.05, 3.63) is 66.7 Å². The maximum Gasteiger partial charge on any atom is 0.488 e. The molecule has 0 aliphatic heterocycles. The number of hydrogen-bond donors (Lipinski definition) is 2. The number of rotatable bonds is 8. The lowest BCUT2D eigenvalue weighted by Gasteiger charge is -2.19. The molecule has 4 rings (SSSR count). The summed E-state index contributed by atoms with van der Waals surface area (Å²) in [5.74, 6) is 1.28. The quantitative estimate of drug-likeness (QED) is 0.338. The zero-order valence-electron chi connectivity index (χ0n) is 17.4. The molecule has 31 heavy (non-hydrogen) atoms. The maximum atomic E-state index is 9.60. The van der Waals surface area contributed by atoms with Crippen LogP contribution in [0.5, 0.6) is 11.5 Å². The molecule has 7 heteroatoms. The van der Waals surface area contributed by atoms with Gasteiger partial charge in [0.1, 0.15) is 11.5 Å². The lowest BCUT2D eigenvalue weighted by Crippen LogP contribution is -2.29. The van der Waals surface area contributed by atoms with E-state index in [-0.39, 0.29) is 13.6 Å². The minimum atomic E-state index is -1.55. The first-order valence-corrected chi connectivity index (χ1v) is 9.82. The van der Waals surface area contributed by atoms with Gasteiger partial charge in [0.25, 0.3) is 0 Å². The molecule has 2 N–H and O–H groups in total. The highest BCUT2D eigenvalue weighted by atomic mass is 16.7.